The average Bonchev–Trinajstić information content (AvgIpc) is 3.14. The highest BCUT2D eigenvalue weighted by Gasteiger charge is 2.26. The third-order valence-corrected chi connectivity index (χ3v) is 5.17. The summed E-state index contributed by atoms with van der Waals surface area (Å²) in [6.07, 6.45) is 6.74. The van der Waals surface area contributed by atoms with E-state index in [-0.39, 0.29) is 18.4 Å². The van der Waals surface area contributed by atoms with Crippen molar-refractivity contribution in [3.8, 4) is 11.5 Å². The number of amides is 1. The molecule has 27 heavy (non-hydrogen) atoms. The van der Waals surface area contributed by atoms with Crippen LogP contribution in [0.1, 0.15) is 31.6 Å². The molecule has 3 heterocycles. The van der Waals surface area contributed by atoms with Crippen molar-refractivity contribution < 1.29 is 14.3 Å². The summed E-state index contributed by atoms with van der Waals surface area (Å²) in [5, 5.41) is 13.0. The molecule has 1 aliphatic carbocycles. The van der Waals surface area contributed by atoms with Gasteiger partial charge in [0.15, 0.2) is 11.7 Å². The molecular weight excluding hydrogens is 344 g/mol. The maximum atomic E-state index is 12.5. The van der Waals surface area contributed by atoms with Crippen molar-refractivity contribution in [2.75, 3.05) is 11.9 Å². The molecule has 7 heteroatoms. The molecule has 0 bridgehead atoms. The molecule has 1 aliphatic rings. The maximum absolute atomic E-state index is 12.5. The summed E-state index contributed by atoms with van der Waals surface area (Å²) >= 11 is 0. The molecule has 1 amide bonds. The molecule has 0 saturated heterocycles. The number of aliphatic hydroxyl groups excluding tert-OH is 1. The maximum Gasteiger partial charge on any atom is 0.228 e. The van der Waals surface area contributed by atoms with Crippen molar-refractivity contribution in [3.05, 3.63) is 36.5 Å². The molecule has 0 radical (unpaired) electrons. The van der Waals surface area contributed by atoms with Crippen LogP contribution in [-0.4, -0.2) is 32.6 Å². The Hall–Kier alpha value is -2.80. The Bertz CT molecular complexity index is 961. The Morgan fingerprint density at radius 3 is 2.74 bits per heavy atom. The molecule has 3 aromatic heterocycles. The van der Waals surface area contributed by atoms with Gasteiger partial charge in [0.25, 0.3) is 0 Å². The lowest BCUT2D eigenvalue weighted by Gasteiger charge is -2.26. The van der Waals surface area contributed by atoms with E-state index < -0.39 is 0 Å². The molecule has 3 aromatic rings. The zero-order valence-corrected chi connectivity index (χ0v) is 15.2. The topological polar surface area (TPSA) is 101 Å². The molecule has 0 aromatic carbocycles. The van der Waals surface area contributed by atoms with Crippen LogP contribution in [0.2, 0.25) is 0 Å². The van der Waals surface area contributed by atoms with Gasteiger partial charge in [0.2, 0.25) is 5.91 Å². The van der Waals surface area contributed by atoms with Gasteiger partial charge in [-0.3, -0.25) is 4.79 Å². The van der Waals surface area contributed by atoms with E-state index in [9.17, 15) is 9.90 Å². The number of pyridine rings is 2. The molecule has 7 nitrogen and oxygen atoms in total. The van der Waals surface area contributed by atoms with Gasteiger partial charge in [0.05, 0.1) is 11.7 Å². The molecule has 0 spiro atoms. The largest absolute Gasteiger partial charge is 0.439 e. The highest BCUT2D eigenvalue weighted by atomic mass is 16.4. The van der Waals surface area contributed by atoms with Crippen molar-refractivity contribution in [2.45, 2.75) is 32.6 Å². The minimum absolute atomic E-state index is 0.0137. The van der Waals surface area contributed by atoms with Gasteiger partial charge in [-0.25, -0.2) is 15.0 Å². The number of carbonyl (C=O) groups excluding carboxylic acids is 1. The predicted molar refractivity (Wildman–Crippen MR) is 101 cm³/mol. The fraction of sp³-hybridized carbons (Fsp3) is 0.400. The Kier molecular flexibility index (Phi) is 4.85. The van der Waals surface area contributed by atoms with Crippen LogP contribution in [-0.2, 0) is 4.79 Å². The van der Waals surface area contributed by atoms with E-state index >= 15 is 0 Å². The predicted octanol–water partition coefficient (Wildman–Crippen LogP) is 3.33. The van der Waals surface area contributed by atoms with Crippen molar-refractivity contribution in [3.63, 3.8) is 0 Å². The fourth-order valence-electron chi connectivity index (χ4n) is 3.54. The van der Waals surface area contributed by atoms with Gasteiger partial charge in [-0.2, -0.15) is 0 Å². The number of rotatable bonds is 4. The lowest BCUT2D eigenvalue weighted by atomic mass is 9.82. The van der Waals surface area contributed by atoms with E-state index in [1.807, 2.05) is 12.1 Å². The van der Waals surface area contributed by atoms with Crippen LogP contribution >= 0.6 is 0 Å². The van der Waals surface area contributed by atoms with Gasteiger partial charge in [0.1, 0.15) is 11.5 Å². The lowest BCUT2D eigenvalue weighted by molar-refractivity contribution is -0.121. The van der Waals surface area contributed by atoms with E-state index in [1.54, 1.807) is 25.4 Å². The molecule has 1 fully saturated rings. The first-order valence-corrected chi connectivity index (χ1v) is 9.23. The van der Waals surface area contributed by atoms with Crippen molar-refractivity contribution in [1.82, 2.24) is 15.0 Å². The Labute approximate surface area is 156 Å². The van der Waals surface area contributed by atoms with Crippen LogP contribution < -0.4 is 5.32 Å². The number of hydrogen-bond acceptors (Lipinski definition) is 6. The second kappa shape index (κ2) is 7.44. The summed E-state index contributed by atoms with van der Waals surface area (Å²) in [5.74, 6) is 1.98. The Morgan fingerprint density at radius 2 is 2.04 bits per heavy atom. The molecule has 1 saturated carbocycles. The molecule has 0 aliphatic heterocycles. The van der Waals surface area contributed by atoms with Crippen molar-refractivity contribution in [2.24, 2.45) is 11.8 Å². The first-order chi connectivity index (χ1) is 13.1. The summed E-state index contributed by atoms with van der Waals surface area (Å²) in [4.78, 5) is 25.6. The van der Waals surface area contributed by atoms with Gasteiger partial charge in [-0.1, -0.05) is 0 Å². The first kappa shape index (κ1) is 17.6. The van der Waals surface area contributed by atoms with Gasteiger partial charge < -0.3 is 14.8 Å². The minimum Gasteiger partial charge on any atom is -0.439 e. The molecular formula is C20H22N4O3. The number of aryl methyl sites for hydroxylation is 1. The van der Waals surface area contributed by atoms with Gasteiger partial charge >= 0.3 is 0 Å². The van der Waals surface area contributed by atoms with Crippen LogP contribution in [0.25, 0.3) is 22.4 Å². The molecule has 0 atom stereocenters. The summed E-state index contributed by atoms with van der Waals surface area (Å²) in [6, 6.07) is 5.56. The lowest BCUT2D eigenvalue weighted by Crippen LogP contribution is -2.28. The smallest absolute Gasteiger partial charge is 0.228 e. The van der Waals surface area contributed by atoms with Crippen LogP contribution in [0.3, 0.4) is 0 Å². The van der Waals surface area contributed by atoms with Crippen LogP contribution in [0, 0.1) is 18.8 Å². The van der Waals surface area contributed by atoms with E-state index in [0.29, 0.717) is 29.1 Å². The molecule has 4 rings (SSSR count). The number of aromatic nitrogens is 3. The van der Waals surface area contributed by atoms with E-state index in [0.717, 1.165) is 36.6 Å². The van der Waals surface area contributed by atoms with E-state index in [1.165, 1.54) is 0 Å². The second-order valence-electron chi connectivity index (χ2n) is 7.09. The molecule has 0 unspecified atom stereocenters. The number of nitrogens with zero attached hydrogens (tertiary/aromatic N) is 3. The zero-order chi connectivity index (χ0) is 18.8. The minimum atomic E-state index is -0.0261. The Balaban J connectivity index is 1.51. The number of fused-ring (bicyclic) bond motifs is 1. The average molecular weight is 366 g/mol. The third kappa shape index (κ3) is 3.83. The summed E-state index contributed by atoms with van der Waals surface area (Å²) < 4.78 is 5.53. The number of nitrogens with one attached hydrogen (secondary N) is 1. The second-order valence-corrected chi connectivity index (χ2v) is 7.09. The molecule has 2 N–H and O–H groups in total. The Morgan fingerprint density at radius 1 is 1.22 bits per heavy atom. The summed E-state index contributed by atoms with van der Waals surface area (Å²) in [6.45, 7) is 2.00. The summed E-state index contributed by atoms with van der Waals surface area (Å²) in [5.41, 5.74) is 1.42. The third-order valence-electron chi connectivity index (χ3n) is 5.17. The number of anilines is 1. The quantitative estimate of drug-likeness (QED) is 0.734. The van der Waals surface area contributed by atoms with Gasteiger partial charge in [0, 0.05) is 37.1 Å². The first-order valence-electron chi connectivity index (χ1n) is 9.23. The normalized spacial score (nSPS) is 19.9. The van der Waals surface area contributed by atoms with Crippen LogP contribution in [0.5, 0.6) is 0 Å². The highest BCUT2D eigenvalue weighted by molar-refractivity contribution is 5.93. The number of oxazole rings is 1. The summed E-state index contributed by atoms with van der Waals surface area (Å²) in [7, 11) is 0. The number of aliphatic hydroxyl groups is 1. The van der Waals surface area contributed by atoms with Gasteiger partial charge in [-0.05, 0) is 43.7 Å². The van der Waals surface area contributed by atoms with Crippen LogP contribution in [0.4, 0.5) is 5.82 Å². The van der Waals surface area contributed by atoms with Crippen LogP contribution in [0.15, 0.2) is 35.0 Å². The van der Waals surface area contributed by atoms with Crippen molar-refractivity contribution in [1.29, 1.82) is 0 Å². The highest BCUT2D eigenvalue weighted by Crippen LogP contribution is 2.29. The molecule has 140 valence electrons. The van der Waals surface area contributed by atoms with E-state index in [4.69, 9.17) is 4.42 Å². The van der Waals surface area contributed by atoms with Crippen molar-refractivity contribution >= 4 is 22.6 Å². The number of carbonyl (C=O) groups is 1. The van der Waals surface area contributed by atoms with E-state index in [2.05, 4.69) is 20.3 Å². The zero-order valence-electron chi connectivity index (χ0n) is 15.2. The fourth-order valence-corrected chi connectivity index (χ4v) is 3.54. The monoisotopic (exact) mass is 366 g/mol. The van der Waals surface area contributed by atoms with Gasteiger partial charge in [-0.15, -0.1) is 0 Å². The number of hydrogen-bond donors (Lipinski definition) is 2. The standard InChI is InChI=1S/C20H22N4O3/c1-12-21-10-18(27-12)16-7-6-15-9-22-19(8-17(15)23-16)24-20(26)14-4-2-13(11-25)3-5-14/h6-10,13-14,25H,2-5,11H2,1H3,(H,22,24,26). The SMILES string of the molecule is Cc1ncc(-c2ccc3cnc(NC(=O)C4CCC(CO)CC4)cc3n2)o1.